The van der Waals surface area contributed by atoms with Crippen LogP contribution in [0.1, 0.15) is 19.9 Å². The molecular formula is C9H12N4O. The number of nitrogens with zero attached hydrogens (tertiary/aromatic N) is 3. The molecule has 2 heterocycles. The summed E-state index contributed by atoms with van der Waals surface area (Å²) in [5.41, 5.74) is 6.27. The lowest BCUT2D eigenvalue weighted by Gasteiger charge is -2.02. The van der Waals surface area contributed by atoms with Gasteiger partial charge in [0.05, 0.1) is 18.0 Å². The minimum absolute atomic E-state index is 0.178. The van der Waals surface area contributed by atoms with Crippen LogP contribution >= 0.6 is 0 Å². The molecule has 0 radical (unpaired) electrons. The molecule has 2 rings (SSSR count). The summed E-state index contributed by atoms with van der Waals surface area (Å²) in [4.78, 5) is 3.82. The number of hydrogen-bond donors (Lipinski definition) is 1. The zero-order valence-corrected chi connectivity index (χ0v) is 8.14. The molecule has 0 aliphatic heterocycles. The zero-order chi connectivity index (χ0) is 10.1. The summed E-state index contributed by atoms with van der Waals surface area (Å²) in [6.45, 7) is 4.12. The molecule has 0 aromatic carbocycles. The molecule has 2 N–H and O–H groups in total. The number of aromatic nitrogens is 3. The number of nitrogen functional groups attached to an aromatic ring is 1. The Morgan fingerprint density at radius 2 is 2.21 bits per heavy atom. The van der Waals surface area contributed by atoms with E-state index in [0.717, 1.165) is 5.56 Å². The van der Waals surface area contributed by atoms with Crippen molar-refractivity contribution in [2.24, 2.45) is 0 Å². The Hall–Kier alpha value is -1.78. The van der Waals surface area contributed by atoms with Crippen molar-refractivity contribution in [3.05, 3.63) is 18.6 Å². The molecule has 0 saturated heterocycles. The summed E-state index contributed by atoms with van der Waals surface area (Å²) in [6.07, 6.45) is 5.24. The molecule has 0 unspecified atom stereocenters. The molecule has 14 heavy (non-hydrogen) atoms. The predicted molar refractivity (Wildman–Crippen MR) is 52.5 cm³/mol. The SMILES string of the molecule is CC(C)n1cc(-c2cnc(N)o2)cn1. The van der Waals surface area contributed by atoms with Gasteiger partial charge in [0.15, 0.2) is 5.76 Å². The van der Waals surface area contributed by atoms with Gasteiger partial charge in [-0.1, -0.05) is 0 Å². The van der Waals surface area contributed by atoms with Gasteiger partial charge < -0.3 is 10.2 Å². The molecule has 0 fully saturated rings. The third kappa shape index (κ3) is 1.48. The van der Waals surface area contributed by atoms with E-state index in [2.05, 4.69) is 23.9 Å². The van der Waals surface area contributed by atoms with Gasteiger partial charge in [-0.3, -0.25) is 4.68 Å². The summed E-state index contributed by atoms with van der Waals surface area (Å²) >= 11 is 0. The molecule has 0 spiro atoms. The van der Waals surface area contributed by atoms with Crippen molar-refractivity contribution in [1.82, 2.24) is 14.8 Å². The van der Waals surface area contributed by atoms with E-state index in [1.165, 1.54) is 0 Å². The first-order valence-electron chi connectivity index (χ1n) is 4.42. The maximum absolute atomic E-state index is 5.38. The molecule has 0 saturated carbocycles. The first-order chi connectivity index (χ1) is 6.66. The molecule has 2 aromatic rings. The first kappa shape index (κ1) is 8.80. The van der Waals surface area contributed by atoms with E-state index < -0.39 is 0 Å². The number of anilines is 1. The maximum Gasteiger partial charge on any atom is 0.292 e. The van der Waals surface area contributed by atoms with Crippen molar-refractivity contribution in [3.63, 3.8) is 0 Å². The van der Waals surface area contributed by atoms with Crippen molar-refractivity contribution in [1.29, 1.82) is 0 Å². The minimum atomic E-state index is 0.178. The van der Waals surface area contributed by atoms with E-state index in [0.29, 0.717) is 11.8 Å². The Labute approximate surface area is 81.5 Å². The third-order valence-electron chi connectivity index (χ3n) is 1.94. The van der Waals surface area contributed by atoms with Gasteiger partial charge in [-0.15, -0.1) is 0 Å². The van der Waals surface area contributed by atoms with Gasteiger partial charge in [0, 0.05) is 12.2 Å². The fourth-order valence-electron chi connectivity index (χ4n) is 1.17. The van der Waals surface area contributed by atoms with Crippen LogP contribution in [0.25, 0.3) is 11.3 Å². The van der Waals surface area contributed by atoms with E-state index in [9.17, 15) is 0 Å². The van der Waals surface area contributed by atoms with Crippen LogP contribution in [-0.2, 0) is 0 Å². The van der Waals surface area contributed by atoms with Crippen LogP contribution in [0.2, 0.25) is 0 Å². The number of rotatable bonds is 2. The van der Waals surface area contributed by atoms with Crippen LogP contribution in [0.5, 0.6) is 0 Å². The summed E-state index contributed by atoms with van der Waals surface area (Å²) < 4.78 is 7.03. The average molecular weight is 192 g/mol. The minimum Gasteiger partial charge on any atom is -0.424 e. The zero-order valence-electron chi connectivity index (χ0n) is 8.14. The van der Waals surface area contributed by atoms with Crippen LogP contribution in [0.4, 0.5) is 6.01 Å². The standard InChI is InChI=1S/C9H12N4O/c1-6(2)13-5-7(3-12-13)8-4-11-9(10)14-8/h3-6H,1-2H3,(H2,10,11). The quantitative estimate of drug-likeness (QED) is 0.786. The molecule has 0 atom stereocenters. The lowest BCUT2D eigenvalue weighted by molar-refractivity contribution is 0.532. The van der Waals surface area contributed by atoms with Gasteiger partial charge in [-0.05, 0) is 13.8 Å². The van der Waals surface area contributed by atoms with E-state index in [-0.39, 0.29) is 6.01 Å². The monoisotopic (exact) mass is 192 g/mol. The van der Waals surface area contributed by atoms with Crippen LogP contribution in [-0.4, -0.2) is 14.8 Å². The van der Waals surface area contributed by atoms with Crippen LogP contribution in [0.15, 0.2) is 23.0 Å². The van der Waals surface area contributed by atoms with E-state index in [4.69, 9.17) is 10.2 Å². The number of oxazole rings is 1. The highest BCUT2D eigenvalue weighted by Crippen LogP contribution is 2.21. The molecule has 0 bridgehead atoms. The highest BCUT2D eigenvalue weighted by Gasteiger charge is 2.07. The van der Waals surface area contributed by atoms with Gasteiger partial charge >= 0.3 is 0 Å². The molecule has 0 aliphatic carbocycles. The Bertz CT molecular complexity index is 429. The smallest absolute Gasteiger partial charge is 0.292 e. The largest absolute Gasteiger partial charge is 0.424 e. The average Bonchev–Trinajstić information content (AvgIpc) is 2.70. The van der Waals surface area contributed by atoms with Gasteiger partial charge in [0.1, 0.15) is 0 Å². The van der Waals surface area contributed by atoms with E-state index in [1.54, 1.807) is 12.4 Å². The molecule has 74 valence electrons. The maximum atomic E-state index is 5.38. The Morgan fingerprint density at radius 3 is 2.71 bits per heavy atom. The summed E-state index contributed by atoms with van der Waals surface area (Å²) in [5.74, 6) is 0.648. The van der Waals surface area contributed by atoms with Crippen molar-refractivity contribution >= 4 is 6.01 Å². The van der Waals surface area contributed by atoms with E-state index >= 15 is 0 Å². The van der Waals surface area contributed by atoms with E-state index in [1.807, 2.05) is 10.9 Å². The van der Waals surface area contributed by atoms with Crippen LogP contribution in [0, 0.1) is 0 Å². The Kier molecular flexibility index (Phi) is 1.99. The highest BCUT2D eigenvalue weighted by molar-refractivity contribution is 5.54. The molecule has 2 aromatic heterocycles. The second-order valence-electron chi connectivity index (χ2n) is 3.37. The van der Waals surface area contributed by atoms with Crippen molar-refractivity contribution in [2.45, 2.75) is 19.9 Å². The van der Waals surface area contributed by atoms with Crippen molar-refractivity contribution in [2.75, 3.05) is 5.73 Å². The second kappa shape index (κ2) is 3.17. The lowest BCUT2D eigenvalue weighted by Crippen LogP contribution is -1.99. The van der Waals surface area contributed by atoms with Crippen molar-refractivity contribution < 1.29 is 4.42 Å². The number of nitrogens with two attached hydrogens (primary N) is 1. The Balaban J connectivity index is 2.33. The van der Waals surface area contributed by atoms with Crippen LogP contribution in [0.3, 0.4) is 0 Å². The second-order valence-corrected chi connectivity index (χ2v) is 3.37. The highest BCUT2D eigenvalue weighted by atomic mass is 16.4. The fourth-order valence-corrected chi connectivity index (χ4v) is 1.17. The summed E-state index contributed by atoms with van der Waals surface area (Å²) in [5, 5.41) is 4.19. The van der Waals surface area contributed by atoms with Crippen molar-refractivity contribution in [3.8, 4) is 11.3 Å². The van der Waals surface area contributed by atoms with Gasteiger partial charge in [0.2, 0.25) is 0 Å². The Morgan fingerprint density at radius 1 is 1.43 bits per heavy atom. The molecule has 5 heteroatoms. The third-order valence-corrected chi connectivity index (χ3v) is 1.94. The molecule has 0 aliphatic rings. The normalized spacial score (nSPS) is 11.1. The molecule has 0 amide bonds. The first-order valence-corrected chi connectivity index (χ1v) is 4.42. The molecule has 5 nitrogen and oxygen atoms in total. The van der Waals surface area contributed by atoms with Crippen LogP contribution < -0.4 is 5.73 Å². The summed E-state index contributed by atoms with van der Waals surface area (Å²) in [6, 6.07) is 0.515. The summed E-state index contributed by atoms with van der Waals surface area (Å²) in [7, 11) is 0. The fraction of sp³-hybridized carbons (Fsp3) is 0.333. The number of hydrogen-bond acceptors (Lipinski definition) is 4. The van der Waals surface area contributed by atoms with Gasteiger partial charge in [-0.2, -0.15) is 5.10 Å². The topological polar surface area (TPSA) is 69.9 Å². The van der Waals surface area contributed by atoms with Gasteiger partial charge in [0.25, 0.3) is 6.01 Å². The molecular weight excluding hydrogens is 180 g/mol. The lowest BCUT2D eigenvalue weighted by atomic mass is 10.3. The predicted octanol–water partition coefficient (Wildman–Crippen LogP) is 1.70. The van der Waals surface area contributed by atoms with Gasteiger partial charge in [-0.25, -0.2) is 4.98 Å².